The van der Waals surface area contributed by atoms with Crippen molar-refractivity contribution in [1.29, 1.82) is 0 Å². The third-order valence-electron chi connectivity index (χ3n) is 5.32. The van der Waals surface area contributed by atoms with Gasteiger partial charge in [0.2, 0.25) is 0 Å². The summed E-state index contributed by atoms with van der Waals surface area (Å²) in [5, 5.41) is 5.92. The second kappa shape index (κ2) is 10.8. The highest BCUT2D eigenvalue weighted by Crippen LogP contribution is 2.35. The minimum absolute atomic E-state index is 0. The van der Waals surface area contributed by atoms with E-state index in [1.807, 2.05) is 30.3 Å². The summed E-state index contributed by atoms with van der Waals surface area (Å²) in [5.74, 6) is 2.93. The maximum absolute atomic E-state index is 12.0. The molecule has 3 rings (SSSR count). The van der Waals surface area contributed by atoms with Gasteiger partial charge in [-0.3, -0.25) is 4.90 Å². The number of piperazine rings is 1. The minimum atomic E-state index is 0. The van der Waals surface area contributed by atoms with Crippen LogP contribution in [0, 0.1) is 0 Å². The highest BCUT2D eigenvalue weighted by atomic mass is 35.5. The van der Waals surface area contributed by atoms with E-state index in [-0.39, 0.29) is 18.4 Å². The molecule has 6 heteroatoms. The lowest BCUT2D eigenvalue weighted by molar-refractivity contribution is 0.198. The maximum Gasteiger partial charge on any atom is 0.138 e. The van der Waals surface area contributed by atoms with Crippen LogP contribution >= 0.6 is 24.0 Å². The molecule has 152 valence electrons. The molecule has 1 N–H and O–H groups in total. The zero-order valence-corrected chi connectivity index (χ0v) is 18.0. The lowest BCUT2D eigenvalue weighted by Gasteiger charge is -2.35. The summed E-state index contributed by atoms with van der Waals surface area (Å²) in [7, 11) is 1.61. The molecule has 1 heterocycles. The van der Waals surface area contributed by atoms with Crippen molar-refractivity contribution in [2.75, 3.05) is 33.3 Å². The first-order chi connectivity index (χ1) is 13.2. The molecule has 1 aliphatic heterocycles. The molecule has 0 bridgehead atoms. The number of fused-ring (bicyclic) bond motifs is 1. The first kappa shape index (κ1) is 22.7. The van der Waals surface area contributed by atoms with Crippen LogP contribution in [0.1, 0.15) is 31.7 Å². The van der Waals surface area contributed by atoms with Gasteiger partial charge in [-0.15, -0.1) is 12.4 Å². The van der Waals surface area contributed by atoms with Crippen LogP contribution in [-0.2, 0) is 4.79 Å². The summed E-state index contributed by atoms with van der Waals surface area (Å²) in [6.45, 7) is 6.01. The number of hydrogen-bond donors (Lipinski definition) is 1. The van der Waals surface area contributed by atoms with Crippen molar-refractivity contribution in [2.45, 2.75) is 32.2 Å². The number of nitrogens with one attached hydrogen (secondary N) is 1. The van der Waals surface area contributed by atoms with Gasteiger partial charge in [0.25, 0.3) is 0 Å². The number of nitrogens with zero attached hydrogens (tertiary/aromatic N) is 1. The first-order valence-corrected chi connectivity index (χ1v) is 10.0. The molecule has 1 aliphatic rings. The Morgan fingerprint density at radius 3 is 2.68 bits per heavy atom. The van der Waals surface area contributed by atoms with Crippen molar-refractivity contribution >= 4 is 46.3 Å². The van der Waals surface area contributed by atoms with Crippen LogP contribution in [-0.4, -0.2) is 50.2 Å². The third-order valence-corrected chi connectivity index (χ3v) is 5.71. The molecule has 28 heavy (non-hydrogen) atoms. The van der Waals surface area contributed by atoms with Crippen molar-refractivity contribution in [1.82, 2.24) is 10.2 Å². The van der Waals surface area contributed by atoms with Gasteiger partial charge in [-0.2, -0.15) is 0 Å². The average molecular weight is 423 g/mol. The molecule has 2 aromatic rings. The quantitative estimate of drug-likeness (QED) is 0.661. The minimum Gasteiger partial charge on any atom is -0.495 e. The Morgan fingerprint density at radius 2 is 2.04 bits per heavy atom. The standard InChI is InChI=1S/C22H27ClN2O2.ClH/c1-3-4-5-20(25-12-10-24-11-13-25)19(15-26)17-6-8-18-16(14-17)7-9-21(27-2)22(18)23;/h6-9,14,20,24H,3-5,10-13H2,1-2H3;1H. The van der Waals surface area contributed by atoms with E-state index in [1.165, 1.54) is 0 Å². The van der Waals surface area contributed by atoms with Crippen LogP contribution in [0.2, 0.25) is 5.02 Å². The Kier molecular flexibility index (Phi) is 8.81. The second-order valence-electron chi connectivity index (χ2n) is 6.98. The number of rotatable bonds is 7. The first-order valence-electron chi connectivity index (χ1n) is 9.66. The number of hydrogen-bond acceptors (Lipinski definition) is 4. The van der Waals surface area contributed by atoms with E-state index < -0.39 is 0 Å². The van der Waals surface area contributed by atoms with Crippen molar-refractivity contribution < 1.29 is 9.53 Å². The highest BCUT2D eigenvalue weighted by Gasteiger charge is 2.25. The van der Waals surface area contributed by atoms with Gasteiger partial charge in [0.05, 0.1) is 17.7 Å². The molecule has 1 unspecified atom stereocenters. The number of benzene rings is 2. The Labute approximate surface area is 178 Å². The molecule has 0 amide bonds. The van der Waals surface area contributed by atoms with Gasteiger partial charge in [0, 0.05) is 37.6 Å². The van der Waals surface area contributed by atoms with Gasteiger partial charge in [-0.1, -0.05) is 49.6 Å². The predicted octanol–water partition coefficient (Wildman–Crippen LogP) is 4.60. The van der Waals surface area contributed by atoms with E-state index in [1.54, 1.807) is 7.11 Å². The second-order valence-corrected chi connectivity index (χ2v) is 7.36. The average Bonchev–Trinajstić information content (AvgIpc) is 2.72. The summed E-state index contributed by atoms with van der Waals surface area (Å²) in [6, 6.07) is 9.95. The van der Waals surface area contributed by atoms with Crippen LogP contribution in [0.3, 0.4) is 0 Å². The summed E-state index contributed by atoms with van der Waals surface area (Å²) in [6.07, 6.45) is 3.18. The molecule has 0 aromatic heterocycles. The molecule has 1 fully saturated rings. The van der Waals surface area contributed by atoms with Crippen molar-refractivity contribution in [3.05, 3.63) is 40.9 Å². The third kappa shape index (κ3) is 4.89. The van der Waals surface area contributed by atoms with Crippen LogP contribution in [0.4, 0.5) is 0 Å². The molecule has 0 saturated carbocycles. The van der Waals surface area contributed by atoms with E-state index in [2.05, 4.69) is 23.1 Å². The fourth-order valence-corrected chi connectivity index (χ4v) is 4.13. The zero-order chi connectivity index (χ0) is 19.2. The Balaban J connectivity index is 0.00000280. The fourth-order valence-electron chi connectivity index (χ4n) is 3.82. The van der Waals surface area contributed by atoms with Gasteiger partial charge in [-0.25, -0.2) is 4.79 Å². The Morgan fingerprint density at radius 1 is 1.29 bits per heavy atom. The summed E-state index contributed by atoms with van der Waals surface area (Å²) in [5.41, 5.74) is 1.68. The van der Waals surface area contributed by atoms with Gasteiger partial charge in [0.1, 0.15) is 11.7 Å². The van der Waals surface area contributed by atoms with Gasteiger partial charge < -0.3 is 10.1 Å². The Hall–Kier alpha value is -1.55. The van der Waals surface area contributed by atoms with Gasteiger partial charge >= 0.3 is 0 Å². The SMILES string of the molecule is CCCCC(C(=C=O)c1ccc2c(Cl)c(OC)ccc2c1)N1CCNCC1.Cl. The van der Waals surface area contributed by atoms with Crippen LogP contribution in [0.5, 0.6) is 5.75 Å². The van der Waals surface area contributed by atoms with Crippen LogP contribution < -0.4 is 10.1 Å². The van der Waals surface area contributed by atoms with Crippen LogP contribution in [0.25, 0.3) is 16.3 Å². The largest absolute Gasteiger partial charge is 0.495 e. The lowest BCUT2D eigenvalue weighted by Crippen LogP contribution is -2.48. The van der Waals surface area contributed by atoms with Crippen molar-refractivity contribution in [2.24, 2.45) is 0 Å². The van der Waals surface area contributed by atoms with E-state index in [0.29, 0.717) is 10.8 Å². The highest BCUT2D eigenvalue weighted by molar-refractivity contribution is 6.37. The molecule has 1 atom stereocenters. The van der Waals surface area contributed by atoms with E-state index in [9.17, 15) is 4.79 Å². The molecular weight excluding hydrogens is 395 g/mol. The van der Waals surface area contributed by atoms with Crippen LogP contribution in [0.15, 0.2) is 30.3 Å². The normalized spacial score (nSPS) is 15.5. The monoisotopic (exact) mass is 422 g/mol. The van der Waals surface area contributed by atoms with E-state index in [4.69, 9.17) is 16.3 Å². The number of carbonyl (C=O) groups excluding carboxylic acids is 1. The number of methoxy groups -OCH3 is 1. The summed E-state index contributed by atoms with van der Waals surface area (Å²) in [4.78, 5) is 14.4. The lowest BCUT2D eigenvalue weighted by atomic mass is 9.92. The van der Waals surface area contributed by atoms with Crippen molar-refractivity contribution in [3.8, 4) is 5.75 Å². The Bertz CT molecular complexity index is 844. The van der Waals surface area contributed by atoms with E-state index in [0.717, 1.165) is 67.4 Å². The maximum atomic E-state index is 12.0. The summed E-state index contributed by atoms with van der Waals surface area (Å²) < 4.78 is 5.30. The molecule has 0 radical (unpaired) electrons. The molecule has 1 saturated heterocycles. The smallest absolute Gasteiger partial charge is 0.138 e. The molecular formula is C22H28Cl2N2O2. The topological polar surface area (TPSA) is 41.6 Å². The summed E-state index contributed by atoms with van der Waals surface area (Å²) >= 11 is 6.44. The molecule has 0 aliphatic carbocycles. The fraction of sp³-hybridized carbons (Fsp3) is 0.455. The van der Waals surface area contributed by atoms with Gasteiger partial charge in [-0.05, 0) is 29.5 Å². The molecule has 2 aromatic carbocycles. The number of ether oxygens (including phenoxy) is 1. The predicted molar refractivity (Wildman–Crippen MR) is 120 cm³/mol. The van der Waals surface area contributed by atoms with Crippen molar-refractivity contribution in [3.63, 3.8) is 0 Å². The zero-order valence-electron chi connectivity index (χ0n) is 16.5. The number of halogens is 2. The van der Waals surface area contributed by atoms with Gasteiger partial charge in [0.15, 0.2) is 0 Å². The molecule has 0 spiro atoms. The van der Waals surface area contributed by atoms with E-state index >= 15 is 0 Å². The molecule has 4 nitrogen and oxygen atoms in total. The number of unbranched alkanes of at least 4 members (excludes halogenated alkanes) is 1.